The maximum absolute atomic E-state index is 6.30. The predicted molar refractivity (Wildman–Crippen MR) is 88.8 cm³/mol. The molecule has 0 saturated heterocycles. The molecule has 0 bridgehead atoms. The maximum Gasteiger partial charge on any atom is 0.0548 e. The average Bonchev–Trinajstić information content (AvgIpc) is 2.58. The Hall–Kier alpha value is -0.190. The fourth-order valence-electron chi connectivity index (χ4n) is 2.23. The molecule has 3 rings (SSSR count). The van der Waals surface area contributed by atoms with Crippen molar-refractivity contribution in [2.24, 2.45) is 0 Å². The Balaban J connectivity index is 2.05. The number of allylic oxidation sites excluding steroid dienone is 5. The molecule has 1 aromatic carbocycles. The average molecular weight is 387 g/mol. The first-order valence-electron chi connectivity index (χ1n) is 5.88. The topological polar surface area (TPSA) is 0 Å². The lowest BCUT2D eigenvalue weighted by Crippen LogP contribution is -2.00. The lowest BCUT2D eigenvalue weighted by Gasteiger charge is -2.19. The number of hydrogen-bond donors (Lipinski definition) is 0. The molecule has 0 fully saturated rings. The van der Waals surface area contributed by atoms with Gasteiger partial charge in [-0.15, -0.1) is 0 Å². The summed E-state index contributed by atoms with van der Waals surface area (Å²) in [5, 5.41) is 0.877. The lowest BCUT2D eigenvalue weighted by molar-refractivity contribution is 1.11. The van der Waals surface area contributed by atoms with Crippen LogP contribution in [0.3, 0.4) is 0 Å². The van der Waals surface area contributed by atoms with E-state index in [1.165, 1.54) is 26.5 Å². The highest BCUT2D eigenvalue weighted by Gasteiger charge is 2.19. The first-order chi connectivity index (χ1) is 8.78. The fourth-order valence-corrected chi connectivity index (χ4v) is 4.22. The summed E-state index contributed by atoms with van der Waals surface area (Å²) in [5.74, 6) is 0. The molecule has 1 aromatic rings. The third-order valence-corrected chi connectivity index (χ3v) is 5.86. The van der Waals surface area contributed by atoms with E-state index in [-0.39, 0.29) is 0 Å². The van der Waals surface area contributed by atoms with E-state index in [1.807, 2.05) is 23.9 Å². The number of fused-ring (bicyclic) bond motifs is 1. The molecule has 1 aliphatic heterocycles. The molecule has 2 aliphatic rings. The van der Waals surface area contributed by atoms with Crippen LogP contribution in [-0.4, -0.2) is 4.43 Å². The zero-order valence-corrected chi connectivity index (χ0v) is 13.5. The lowest BCUT2D eigenvalue weighted by atomic mass is 10.0. The maximum atomic E-state index is 6.30. The van der Waals surface area contributed by atoms with E-state index >= 15 is 0 Å². The summed E-state index contributed by atoms with van der Waals surface area (Å²) in [6.45, 7) is 0. The number of halogens is 2. The zero-order valence-electron chi connectivity index (χ0n) is 9.75. The number of hydrogen-bond acceptors (Lipinski definition) is 1. The first kappa shape index (κ1) is 12.8. The van der Waals surface area contributed by atoms with Crippen molar-refractivity contribution in [2.45, 2.75) is 17.7 Å². The Kier molecular flexibility index (Phi) is 3.87. The highest BCUT2D eigenvalue weighted by Crippen LogP contribution is 2.44. The SMILES string of the molecule is Clc1cccc2c1SC1=C(C=CCC(CI)=C1)C2. The first-order valence-corrected chi connectivity index (χ1v) is 8.60. The third kappa shape index (κ3) is 2.43. The molecule has 0 saturated carbocycles. The van der Waals surface area contributed by atoms with E-state index in [9.17, 15) is 0 Å². The van der Waals surface area contributed by atoms with Crippen molar-refractivity contribution >= 4 is 46.0 Å². The number of rotatable bonds is 1. The molecule has 3 heteroatoms. The van der Waals surface area contributed by atoms with Crippen LogP contribution in [-0.2, 0) is 6.42 Å². The third-order valence-electron chi connectivity index (χ3n) is 3.16. The van der Waals surface area contributed by atoms with Gasteiger partial charge in [0.25, 0.3) is 0 Å². The van der Waals surface area contributed by atoms with Crippen LogP contribution in [0.4, 0.5) is 0 Å². The van der Waals surface area contributed by atoms with Crippen molar-refractivity contribution in [1.29, 1.82) is 0 Å². The summed E-state index contributed by atoms with van der Waals surface area (Å²) < 4.78 is 1.09. The second-order valence-electron chi connectivity index (χ2n) is 4.44. The number of alkyl halides is 1. The van der Waals surface area contributed by atoms with E-state index in [0.717, 1.165) is 22.3 Å². The summed E-state index contributed by atoms with van der Waals surface area (Å²) in [5.41, 5.74) is 4.26. The smallest absolute Gasteiger partial charge is 0.0548 e. The largest absolute Gasteiger partial charge is 0.0879 e. The minimum absolute atomic E-state index is 0.877. The summed E-state index contributed by atoms with van der Waals surface area (Å²) >= 11 is 10.6. The molecular formula is C15H12ClIS. The molecule has 92 valence electrons. The fraction of sp³-hybridized carbons (Fsp3) is 0.200. The zero-order chi connectivity index (χ0) is 12.5. The molecule has 1 aliphatic carbocycles. The van der Waals surface area contributed by atoms with Gasteiger partial charge >= 0.3 is 0 Å². The van der Waals surface area contributed by atoms with E-state index in [4.69, 9.17) is 11.6 Å². The molecular weight excluding hydrogens is 375 g/mol. The van der Waals surface area contributed by atoms with Crippen LogP contribution in [0.15, 0.2) is 57.4 Å². The van der Waals surface area contributed by atoms with Crippen molar-refractivity contribution in [3.63, 3.8) is 0 Å². The van der Waals surface area contributed by atoms with Gasteiger partial charge in [0.05, 0.1) is 5.02 Å². The van der Waals surface area contributed by atoms with E-state index in [0.29, 0.717) is 0 Å². The second kappa shape index (κ2) is 5.43. The van der Waals surface area contributed by atoms with Crippen LogP contribution < -0.4 is 0 Å². The van der Waals surface area contributed by atoms with Crippen molar-refractivity contribution in [3.8, 4) is 0 Å². The van der Waals surface area contributed by atoms with Gasteiger partial charge in [0.2, 0.25) is 0 Å². The summed E-state index contributed by atoms with van der Waals surface area (Å²) in [4.78, 5) is 2.60. The molecule has 0 atom stereocenters. The summed E-state index contributed by atoms with van der Waals surface area (Å²) in [6.07, 6.45) is 8.98. The standard InChI is InChI=1S/C15H12ClIS/c16-13-6-2-5-12-8-11-4-1-3-10(9-17)7-14(11)18-15(12)13/h1-2,4-7H,3,8-9H2. The quantitative estimate of drug-likeness (QED) is 0.449. The van der Waals surface area contributed by atoms with E-state index in [2.05, 4.69) is 46.9 Å². The number of benzene rings is 1. The minimum atomic E-state index is 0.877. The molecule has 0 unspecified atom stereocenters. The Morgan fingerprint density at radius 2 is 2.22 bits per heavy atom. The van der Waals surface area contributed by atoms with Crippen LogP contribution in [0.1, 0.15) is 12.0 Å². The van der Waals surface area contributed by atoms with Crippen LogP contribution in [0.25, 0.3) is 0 Å². The number of thioether (sulfide) groups is 1. The Morgan fingerprint density at radius 1 is 1.33 bits per heavy atom. The van der Waals surface area contributed by atoms with Gasteiger partial charge in [-0.3, -0.25) is 0 Å². The Bertz CT molecular complexity index is 584. The molecule has 0 aromatic heterocycles. The molecule has 0 spiro atoms. The normalized spacial score (nSPS) is 18.0. The van der Waals surface area contributed by atoms with Gasteiger partial charge < -0.3 is 0 Å². The van der Waals surface area contributed by atoms with Gasteiger partial charge in [-0.05, 0) is 36.1 Å². The molecule has 0 nitrogen and oxygen atoms in total. The van der Waals surface area contributed by atoms with Gasteiger partial charge in [0.1, 0.15) is 0 Å². The van der Waals surface area contributed by atoms with Crippen LogP contribution in [0.2, 0.25) is 5.02 Å². The van der Waals surface area contributed by atoms with Crippen molar-refractivity contribution in [3.05, 3.63) is 63.1 Å². The molecule has 0 N–H and O–H groups in total. The van der Waals surface area contributed by atoms with Gasteiger partial charge in [-0.1, -0.05) is 75.8 Å². The summed E-state index contributed by atoms with van der Waals surface area (Å²) in [6, 6.07) is 6.20. The molecule has 0 radical (unpaired) electrons. The molecule has 1 heterocycles. The summed E-state index contributed by atoms with van der Waals surface area (Å²) in [7, 11) is 0. The Morgan fingerprint density at radius 3 is 3.06 bits per heavy atom. The van der Waals surface area contributed by atoms with Crippen molar-refractivity contribution < 1.29 is 0 Å². The van der Waals surface area contributed by atoms with Gasteiger partial charge in [0.15, 0.2) is 0 Å². The highest BCUT2D eigenvalue weighted by atomic mass is 127. The van der Waals surface area contributed by atoms with Gasteiger partial charge in [0, 0.05) is 14.2 Å². The van der Waals surface area contributed by atoms with Crippen LogP contribution in [0.5, 0.6) is 0 Å². The van der Waals surface area contributed by atoms with Gasteiger partial charge in [-0.25, -0.2) is 0 Å². The minimum Gasteiger partial charge on any atom is -0.0879 e. The monoisotopic (exact) mass is 386 g/mol. The van der Waals surface area contributed by atoms with E-state index in [1.54, 1.807) is 0 Å². The molecule has 18 heavy (non-hydrogen) atoms. The predicted octanol–water partition coefficient (Wildman–Crippen LogP) is 5.56. The Labute approximate surface area is 130 Å². The highest BCUT2D eigenvalue weighted by molar-refractivity contribution is 14.1. The molecule has 0 amide bonds. The van der Waals surface area contributed by atoms with Crippen LogP contribution in [0, 0.1) is 0 Å². The van der Waals surface area contributed by atoms with E-state index < -0.39 is 0 Å². The van der Waals surface area contributed by atoms with Crippen molar-refractivity contribution in [1.82, 2.24) is 0 Å². The van der Waals surface area contributed by atoms with Gasteiger partial charge in [-0.2, -0.15) is 0 Å². The van der Waals surface area contributed by atoms with Crippen LogP contribution >= 0.6 is 46.0 Å². The van der Waals surface area contributed by atoms with Crippen molar-refractivity contribution in [2.75, 3.05) is 4.43 Å². The second-order valence-corrected chi connectivity index (χ2v) is 6.66.